The van der Waals surface area contributed by atoms with Gasteiger partial charge in [0, 0.05) is 23.6 Å². The summed E-state index contributed by atoms with van der Waals surface area (Å²) in [6.45, 7) is 6.29. The molecule has 0 aromatic heterocycles. The van der Waals surface area contributed by atoms with E-state index in [0.717, 1.165) is 32.5 Å². The van der Waals surface area contributed by atoms with Gasteiger partial charge in [-0.1, -0.05) is 15.9 Å². The van der Waals surface area contributed by atoms with Crippen molar-refractivity contribution in [1.82, 2.24) is 4.90 Å². The number of carbonyl (C=O) groups excluding carboxylic acids is 2. The monoisotopic (exact) mass is 327 g/mol. The fourth-order valence-electron chi connectivity index (χ4n) is 2.02. The lowest BCUT2D eigenvalue weighted by Gasteiger charge is -2.22. The third-order valence-electron chi connectivity index (χ3n) is 3.36. The average molecular weight is 328 g/mol. The summed E-state index contributed by atoms with van der Waals surface area (Å²) < 4.78 is 6.47. The second-order valence-corrected chi connectivity index (χ2v) is 5.31. The number of ether oxygens (including phenoxy) is 1. The minimum Gasteiger partial charge on any atom is -0.496 e. The molecule has 1 aromatic rings. The minimum absolute atomic E-state index is 0.317. The van der Waals surface area contributed by atoms with Crippen molar-refractivity contribution >= 4 is 28.1 Å². The van der Waals surface area contributed by atoms with E-state index in [1.54, 1.807) is 14.2 Å². The highest BCUT2D eigenvalue weighted by atomic mass is 79.9. The predicted molar refractivity (Wildman–Crippen MR) is 77.4 cm³/mol. The second kappa shape index (κ2) is 6.19. The summed E-state index contributed by atoms with van der Waals surface area (Å²) in [7, 11) is 3.21. The number of aldehydes is 1. The van der Waals surface area contributed by atoms with Crippen molar-refractivity contribution < 1.29 is 14.3 Å². The molecule has 0 aliphatic rings. The van der Waals surface area contributed by atoms with Crippen molar-refractivity contribution in [3.63, 3.8) is 0 Å². The lowest BCUT2D eigenvalue weighted by atomic mass is 9.98. The van der Waals surface area contributed by atoms with E-state index >= 15 is 0 Å². The van der Waals surface area contributed by atoms with Crippen LogP contribution in [-0.4, -0.2) is 31.3 Å². The fourth-order valence-corrected chi connectivity index (χ4v) is 2.55. The average Bonchev–Trinajstić information content (AvgIpc) is 2.41. The molecule has 104 valence electrons. The Hall–Kier alpha value is -1.36. The molecular weight excluding hydrogens is 310 g/mol. The molecule has 1 aromatic carbocycles. The lowest BCUT2D eigenvalue weighted by molar-refractivity contribution is -0.138. The summed E-state index contributed by atoms with van der Waals surface area (Å²) in [5.74, 6) is 0.222. The van der Waals surface area contributed by atoms with Gasteiger partial charge in [-0.05, 0) is 37.5 Å². The van der Waals surface area contributed by atoms with Crippen molar-refractivity contribution in [2.75, 3.05) is 14.2 Å². The van der Waals surface area contributed by atoms with Crippen LogP contribution in [0.3, 0.4) is 0 Å². The zero-order valence-electron chi connectivity index (χ0n) is 11.8. The third kappa shape index (κ3) is 2.97. The first kappa shape index (κ1) is 15.7. The molecule has 0 unspecified atom stereocenters. The van der Waals surface area contributed by atoms with Crippen LogP contribution in [0.5, 0.6) is 5.75 Å². The molecule has 5 heteroatoms. The van der Waals surface area contributed by atoms with E-state index in [9.17, 15) is 9.59 Å². The maximum Gasteiger partial charge on any atom is 0.286 e. The zero-order valence-corrected chi connectivity index (χ0v) is 13.4. The van der Waals surface area contributed by atoms with Gasteiger partial charge < -0.3 is 9.64 Å². The van der Waals surface area contributed by atoms with E-state index in [0.29, 0.717) is 12.8 Å². The van der Waals surface area contributed by atoms with E-state index in [-0.39, 0.29) is 0 Å². The minimum atomic E-state index is -0.546. The quantitative estimate of drug-likeness (QED) is 0.630. The van der Waals surface area contributed by atoms with Gasteiger partial charge in [0.25, 0.3) is 5.91 Å². The SMILES string of the molecule is COc1c(C)c(C)c(Br)c(C)c1CN(C)C(=O)C=O. The zero-order chi connectivity index (χ0) is 14.7. The molecule has 0 spiro atoms. The summed E-state index contributed by atoms with van der Waals surface area (Å²) in [5.41, 5.74) is 4.07. The van der Waals surface area contributed by atoms with E-state index in [1.807, 2.05) is 20.8 Å². The topological polar surface area (TPSA) is 46.6 Å². The molecule has 0 heterocycles. The Morgan fingerprint density at radius 1 is 1.26 bits per heavy atom. The number of methoxy groups -OCH3 is 1. The van der Waals surface area contributed by atoms with Crippen LogP contribution in [-0.2, 0) is 16.1 Å². The smallest absolute Gasteiger partial charge is 0.286 e. The number of nitrogens with zero attached hydrogens (tertiary/aromatic N) is 1. The number of amides is 1. The Labute approximate surface area is 121 Å². The van der Waals surface area contributed by atoms with Crippen molar-refractivity contribution in [3.05, 3.63) is 26.7 Å². The van der Waals surface area contributed by atoms with Gasteiger partial charge in [-0.25, -0.2) is 0 Å². The molecule has 0 aliphatic carbocycles. The van der Waals surface area contributed by atoms with Gasteiger partial charge in [0.1, 0.15) is 5.75 Å². The molecule has 0 fully saturated rings. The van der Waals surface area contributed by atoms with Crippen LogP contribution >= 0.6 is 15.9 Å². The third-order valence-corrected chi connectivity index (χ3v) is 4.55. The van der Waals surface area contributed by atoms with Gasteiger partial charge in [-0.15, -0.1) is 0 Å². The predicted octanol–water partition coefficient (Wildman–Crippen LogP) is 2.54. The molecule has 19 heavy (non-hydrogen) atoms. The molecule has 0 bridgehead atoms. The first-order valence-corrected chi connectivity index (χ1v) is 6.66. The molecule has 4 nitrogen and oxygen atoms in total. The van der Waals surface area contributed by atoms with Crippen molar-refractivity contribution in [2.45, 2.75) is 27.3 Å². The van der Waals surface area contributed by atoms with Crippen LogP contribution in [0.25, 0.3) is 0 Å². The Bertz CT molecular complexity index is 526. The maximum absolute atomic E-state index is 11.4. The normalized spacial score (nSPS) is 10.2. The Balaban J connectivity index is 3.34. The maximum atomic E-state index is 11.4. The highest BCUT2D eigenvalue weighted by Crippen LogP contribution is 2.36. The van der Waals surface area contributed by atoms with Gasteiger partial charge in [0.2, 0.25) is 6.29 Å². The summed E-state index contributed by atoms with van der Waals surface area (Å²) in [5, 5.41) is 0. The van der Waals surface area contributed by atoms with Crippen LogP contribution < -0.4 is 4.74 Å². The van der Waals surface area contributed by atoms with Gasteiger partial charge in [-0.2, -0.15) is 0 Å². The van der Waals surface area contributed by atoms with Crippen molar-refractivity contribution in [1.29, 1.82) is 0 Å². The second-order valence-electron chi connectivity index (χ2n) is 4.51. The number of halogens is 1. The van der Waals surface area contributed by atoms with Gasteiger partial charge >= 0.3 is 0 Å². The fraction of sp³-hybridized carbons (Fsp3) is 0.429. The molecule has 1 rings (SSSR count). The summed E-state index contributed by atoms with van der Waals surface area (Å²) in [6.07, 6.45) is 0.317. The summed E-state index contributed by atoms with van der Waals surface area (Å²) in [4.78, 5) is 23.3. The largest absolute Gasteiger partial charge is 0.496 e. The van der Waals surface area contributed by atoms with E-state index in [4.69, 9.17) is 4.74 Å². The van der Waals surface area contributed by atoms with Gasteiger partial charge in [0.05, 0.1) is 7.11 Å². The molecule has 0 atom stereocenters. The van der Waals surface area contributed by atoms with Crippen LogP contribution in [0, 0.1) is 20.8 Å². The number of likely N-dealkylation sites (N-methyl/N-ethyl adjacent to an activating group) is 1. The lowest BCUT2D eigenvalue weighted by Crippen LogP contribution is -2.27. The first-order valence-electron chi connectivity index (χ1n) is 5.87. The van der Waals surface area contributed by atoms with Gasteiger partial charge in [-0.3, -0.25) is 9.59 Å². The highest BCUT2D eigenvalue weighted by molar-refractivity contribution is 9.10. The van der Waals surface area contributed by atoms with Crippen LogP contribution in [0.1, 0.15) is 22.3 Å². The number of rotatable bonds is 4. The number of benzene rings is 1. The van der Waals surface area contributed by atoms with E-state index in [2.05, 4.69) is 15.9 Å². The van der Waals surface area contributed by atoms with Crippen LogP contribution in [0.4, 0.5) is 0 Å². The van der Waals surface area contributed by atoms with Crippen molar-refractivity contribution in [2.24, 2.45) is 0 Å². The first-order chi connectivity index (χ1) is 8.84. The molecule has 0 saturated carbocycles. The molecule has 0 radical (unpaired) electrons. The molecular formula is C14H18BrNO3. The Kier molecular flexibility index (Phi) is 5.11. The number of hydrogen-bond acceptors (Lipinski definition) is 3. The van der Waals surface area contributed by atoms with Crippen LogP contribution in [0.15, 0.2) is 4.47 Å². The molecule has 0 N–H and O–H groups in total. The van der Waals surface area contributed by atoms with Crippen molar-refractivity contribution in [3.8, 4) is 5.75 Å². The molecule has 0 saturated heterocycles. The Morgan fingerprint density at radius 2 is 1.84 bits per heavy atom. The van der Waals surface area contributed by atoms with E-state index in [1.165, 1.54) is 4.90 Å². The number of carbonyl (C=O) groups is 2. The summed E-state index contributed by atoms with van der Waals surface area (Å²) >= 11 is 3.56. The Morgan fingerprint density at radius 3 is 2.32 bits per heavy atom. The van der Waals surface area contributed by atoms with E-state index < -0.39 is 5.91 Å². The van der Waals surface area contributed by atoms with Crippen LogP contribution in [0.2, 0.25) is 0 Å². The summed E-state index contributed by atoms with van der Waals surface area (Å²) in [6, 6.07) is 0. The molecule has 1 amide bonds. The van der Waals surface area contributed by atoms with Gasteiger partial charge in [0.15, 0.2) is 0 Å². The molecule has 0 aliphatic heterocycles. The number of hydrogen-bond donors (Lipinski definition) is 0. The standard InChI is InChI=1S/C14H18BrNO3/c1-8-9(2)14(19-5)11(10(3)13(8)15)6-16(4)12(18)7-17/h7H,6H2,1-5H3. The highest BCUT2D eigenvalue weighted by Gasteiger charge is 2.19.